The summed E-state index contributed by atoms with van der Waals surface area (Å²) >= 11 is 6.19. The van der Waals surface area contributed by atoms with Crippen LogP contribution in [0.5, 0.6) is 0 Å². The number of alkyl halides is 1. The zero-order chi connectivity index (χ0) is 11.3. The standard InChI is InChI=1S/C11H11ClN2O2/c12-9-3-6-4-10(15)13-5-8(6)11(16)14(9)7-1-2-7/h4-5,7,9H,1-3H2,(H,13,15). The molecule has 1 aliphatic heterocycles. The Bertz CT molecular complexity index is 507. The first-order valence-corrected chi connectivity index (χ1v) is 5.79. The molecule has 0 radical (unpaired) electrons. The molecule has 1 atom stereocenters. The Hall–Kier alpha value is -1.29. The molecule has 1 N–H and O–H groups in total. The topological polar surface area (TPSA) is 53.2 Å². The number of nitrogens with zero attached hydrogens (tertiary/aromatic N) is 1. The number of fused-ring (bicyclic) bond motifs is 1. The zero-order valence-electron chi connectivity index (χ0n) is 8.57. The highest BCUT2D eigenvalue weighted by atomic mass is 35.5. The molecule has 1 amide bonds. The molecule has 0 saturated heterocycles. The first kappa shape index (κ1) is 9.90. The molecular weight excluding hydrogens is 228 g/mol. The molecular formula is C11H11ClN2O2. The number of nitrogens with one attached hydrogen (secondary N) is 1. The Kier molecular flexibility index (Phi) is 2.07. The number of amides is 1. The van der Waals surface area contributed by atoms with Crippen LogP contribution >= 0.6 is 11.6 Å². The fraction of sp³-hybridized carbons (Fsp3) is 0.455. The molecule has 5 heteroatoms. The smallest absolute Gasteiger partial charge is 0.257 e. The molecule has 16 heavy (non-hydrogen) atoms. The van der Waals surface area contributed by atoms with Crippen molar-refractivity contribution in [1.82, 2.24) is 9.88 Å². The van der Waals surface area contributed by atoms with Crippen molar-refractivity contribution in [3.05, 3.63) is 33.7 Å². The van der Waals surface area contributed by atoms with Gasteiger partial charge in [-0.1, -0.05) is 11.6 Å². The van der Waals surface area contributed by atoms with Crippen LogP contribution in [0.3, 0.4) is 0 Å². The summed E-state index contributed by atoms with van der Waals surface area (Å²) in [6.45, 7) is 0. The van der Waals surface area contributed by atoms with E-state index in [0.717, 1.165) is 18.4 Å². The van der Waals surface area contributed by atoms with Gasteiger partial charge in [-0.05, 0) is 18.4 Å². The molecule has 3 rings (SSSR count). The molecule has 4 nitrogen and oxygen atoms in total. The highest BCUT2D eigenvalue weighted by molar-refractivity contribution is 6.22. The number of carbonyl (C=O) groups is 1. The summed E-state index contributed by atoms with van der Waals surface area (Å²) < 4.78 is 0. The number of carbonyl (C=O) groups excluding carboxylic acids is 1. The molecule has 1 aromatic rings. The van der Waals surface area contributed by atoms with Crippen molar-refractivity contribution in [1.29, 1.82) is 0 Å². The fourth-order valence-corrected chi connectivity index (χ4v) is 2.59. The molecule has 1 aromatic heterocycles. The molecule has 1 saturated carbocycles. The van der Waals surface area contributed by atoms with Crippen LogP contribution in [0, 0.1) is 0 Å². The Balaban J connectivity index is 2.06. The lowest BCUT2D eigenvalue weighted by Gasteiger charge is -2.32. The first-order valence-electron chi connectivity index (χ1n) is 5.35. The van der Waals surface area contributed by atoms with Gasteiger partial charge in [-0.3, -0.25) is 9.59 Å². The van der Waals surface area contributed by atoms with E-state index in [4.69, 9.17) is 11.6 Å². The molecule has 1 aliphatic carbocycles. The average Bonchev–Trinajstić information content (AvgIpc) is 3.01. The van der Waals surface area contributed by atoms with Crippen LogP contribution in [-0.4, -0.2) is 27.3 Å². The summed E-state index contributed by atoms with van der Waals surface area (Å²) in [6, 6.07) is 1.77. The predicted octanol–water partition coefficient (Wildman–Crippen LogP) is 1.10. The van der Waals surface area contributed by atoms with E-state index in [-0.39, 0.29) is 17.0 Å². The maximum absolute atomic E-state index is 12.1. The number of hydrogen-bond donors (Lipinski definition) is 1. The van der Waals surface area contributed by atoms with Gasteiger partial charge in [-0.25, -0.2) is 0 Å². The van der Waals surface area contributed by atoms with Gasteiger partial charge in [0.25, 0.3) is 5.91 Å². The van der Waals surface area contributed by atoms with Gasteiger partial charge in [0.15, 0.2) is 0 Å². The van der Waals surface area contributed by atoms with E-state index in [1.165, 1.54) is 12.3 Å². The van der Waals surface area contributed by atoms with Crippen molar-refractivity contribution in [2.24, 2.45) is 0 Å². The lowest BCUT2D eigenvalue weighted by molar-refractivity contribution is 0.0698. The van der Waals surface area contributed by atoms with Crippen molar-refractivity contribution < 1.29 is 4.79 Å². The van der Waals surface area contributed by atoms with Crippen molar-refractivity contribution in [3.8, 4) is 0 Å². The lowest BCUT2D eigenvalue weighted by atomic mass is 10.0. The maximum atomic E-state index is 12.1. The van der Waals surface area contributed by atoms with Crippen LogP contribution in [0.1, 0.15) is 28.8 Å². The summed E-state index contributed by atoms with van der Waals surface area (Å²) in [7, 11) is 0. The second-order valence-corrected chi connectivity index (χ2v) is 4.82. The quantitative estimate of drug-likeness (QED) is 0.589. The maximum Gasteiger partial charge on any atom is 0.257 e. The average molecular weight is 239 g/mol. The first-order chi connectivity index (χ1) is 7.66. The largest absolute Gasteiger partial charge is 0.328 e. The number of halogens is 1. The summed E-state index contributed by atoms with van der Waals surface area (Å²) in [5.74, 6) is -0.0556. The molecule has 2 aliphatic rings. The van der Waals surface area contributed by atoms with Crippen LogP contribution in [0.4, 0.5) is 0 Å². The second-order valence-electron chi connectivity index (χ2n) is 4.32. The van der Waals surface area contributed by atoms with Gasteiger partial charge in [0.05, 0.1) is 5.56 Å². The van der Waals surface area contributed by atoms with Gasteiger partial charge in [0, 0.05) is 24.7 Å². The SMILES string of the molecule is O=C1c2c[nH]c(=O)cc2CC(Cl)N1C1CC1. The Morgan fingerprint density at radius 3 is 2.81 bits per heavy atom. The number of aromatic amines is 1. The minimum Gasteiger partial charge on any atom is -0.328 e. The van der Waals surface area contributed by atoms with E-state index in [2.05, 4.69) is 4.98 Å². The summed E-state index contributed by atoms with van der Waals surface area (Å²) in [5, 5.41) is 0. The fourth-order valence-electron chi connectivity index (χ4n) is 2.18. The minimum absolute atomic E-state index is 0.0556. The lowest BCUT2D eigenvalue weighted by Crippen LogP contribution is -2.44. The van der Waals surface area contributed by atoms with Crippen LogP contribution in [0.2, 0.25) is 0 Å². The molecule has 84 valence electrons. The number of H-pyrrole nitrogens is 1. The molecule has 1 unspecified atom stereocenters. The highest BCUT2D eigenvalue weighted by Gasteiger charge is 2.40. The summed E-state index contributed by atoms with van der Waals surface area (Å²) in [6.07, 6.45) is 4.13. The number of rotatable bonds is 1. The van der Waals surface area contributed by atoms with E-state index in [1.54, 1.807) is 4.90 Å². The molecule has 2 heterocycles. The monoisotopic (exact) mass is 238 g/mol. The molecule has 0 spiro atoms. The van der Waals surface area contributed by atoms with Gasteiger partial charge in [-0.2, -0.15) is 0 Å². The Morgan fingerprint density at radius 2 is 2.12 bits per heavy atom. The van der Waals surface area contributed by atoms with E-state index in [9.17, 15) is 9.59 Å². The van der Waals surface area contributed by atoms with Gasteiger partial charge in [-0.15, -0.1) is 0 Å². The Labute approximate surface area is 97.2 Å². The van der Waals surface area contributed by atoms with Crippen LogP contribution < -0.4 is 5.56 Å². The van der Waals surface area contributed by atoms with Gasteiger partial charge < -0.3 is 9.88 Å². The van der Waals surface area contributed by atoms with Crippen molar-refractivity contribution >= 4 is 17.5 Å². The number of pyridine rings is 1. The number of aromatic nitrogens is 1. The molecule has 0 aromatic carbocycles. The van der Waals surface area contributed by atoms with Crippen LogP contribution in [0.25, 0.3) is 0 Å². The third kappa shape index (κ3) is 1.45. The van der Waals surface area contributed by atoms with Gasteiger partial charge in [0.2, 0.25) is 5.56 Å². The summed E-state index contributed by atoms with van der Waals surface area (Å²) in [4.78, 5) is 27.6. The van der Waals surface area contributed by atoms with Crippen LogP contribution in [0.15, 0.2) is 17.1 Å². The third-order valence-electron chi connectivity index (χ3n) is 3.11. The van der Waals surface area contributed by atoms with Crippen molar-refractivity contribution in [2.45, 2.75) is 30.8 Å². The van der Waals surface area contributed by atoms with E-state index in [0.29, 0.717) is 18.0 Å². The van der Waals surface area contributed by atoms with Gasteiger partial charge in [0.1, 0.15) is 5.50 Å². The van der Waals surface area contributed by atoms with Crippen LogP contribution in [-0.2, 0) is 6.42 Å². The third-order valence-corrected chi connectivity index (χ3v) is 3.47. The number of hydrogen-bond acceptors (Lipinski definition) is 2. The Morgan fingerprint density at radius 1 is 1.38 bits per heavy atom. The minimum atomic E-state index is -0.311. The zero-order valence-corrected chi connectivity index (χ0v) is 9.33. The highest BCUT2D eigenvalue weighted by Crippen LogP contribution is 2.35. The van der Waals surface area contributed by atoms with E-state index >= 15 is 0 Å². The van der Waals surface area contributed by atoms with E-state index in [1.807, 2.05) is 0 Å². The molecule has 1 fully saturated rings. The normalized spacial score (nSPS) is 24.4. The van der Waals surface area contributed by atoms with Crippen molar-refractivity contribution in [2.75, 3.05) is 0 Å². The predicted molar refractivity (Wildman–Crippen MR) is 59.6 cm³/mol. The summed E-state index contributed by atoms with van der Waals surface area (Å²) in [5.41, 5.74) is 0.846. The van der Waals surface area contributed by atoms with Gasteiger partial charge >= 0.3 is 0 Å². The van der Waals surface area contributed by atoms with E-state index < -0.39 is 0 Å². The second kappa shape index (κ2) is 3.35. The van der Waals surface area contributed by atoms with Crippen molar-refractivity contribution in [3.63, 3.8) is 0 Å². The molecule has 0 bridgehead atoms.